The number of para-hydroxylation sites is 1. The van der Waals surface area contributed by atoms with Crippen LogP contribution in [0.15, 0.2) is 83.3 Å². The first-order valence-electron chi connectivity index (χ1n) is 10.4. The van der Waals surface area contributed by atoms with Crippen molar-refractivity contribution in [3.05, 3.63) is 93.8 Å². The Balaban J connectivity index is 1.30. The number of amides is 1. The van der Waals surface area contributed by atoms with E-state index < -0.39 is 0 Å². The summed E-state index contributed by atoms with van der Waals surface area (Å²) in [5.41, 5.74) is 2.38. The van der Waals surface area contributed by atoms with Crippen molar-refractivity contribution in [3.8, 4) is 22.8 Å². The summed E-state index contributed by atoms with van der Waals surface area (Å²) < 4.78 is 6.74. The monoisotopic (exact) mass is 520 g/mol. The van der Waals surface area contributed by atoms with Gasteiger partial charge in [-0.05, 0) is 55.5 Å². The van der Waals surface area contributed by atoms with Crippen LogP contribution in [-0.4, -0.2) is 16.7 Å². The molecule has 0 atom stereocenters. The molecule has 0 radical (unpaired) electrons. The van der Waals surface area contributed by atoms with Crippen LogP contribution in [0.25, 0.3) is 11.3 Å². The molecule has 0 unspecified atom stereocenters. The van der Waals surface area contributed by atoms with Gasteiger partial charge in [-0.1, -0.05) is 46.3 Å². The third-order valence-electron chi connectivity index (χ3n) is 4.89. The van der Waals surface area contributed by atoms with E-state index in [4.69, 9.17) is 4.74 Å². The van der Waals surface area contributed by atoms with Gasteiger partial charge in [-0.3, -0.25) is 9.59 Å². The number of anilines is 1. The minimum absolute atomic E-state index is 0.0906. The van der Waals surface area contributed by atoms with Crippen molar-refractivity contribution in [2.24, 2.45) is 0 Å². The second-order valence-electron chi connectivity index (χ2n) is 7.34. The van der Waals surface area contributed by atoms with Gasteiger partial charge in [-0.2, -0.15) is 0 Å². The van der Waals surface area contributed by atoms with E-state index in [0.29, 0.717) is 16.4 Å². The number of carbonyl (C=O) groups is 2. The summed E-state index contributed by atoms with van der Waals surface area (Å²) in [6, 6.07) is 24.2. The predicted octanol–water partition coefficient (Wildman–Crippen LogP) is 7.27. The number of thiazole rings is 1. The normalized spacial score (nSPS) is 10.6. The van der Waals surface area contributed by atoms with Crippen LogP contribution in [0.1, 0.15) is 28.1 Å². The lowest BCUT2D eigenvalue weighted by atomic mass is 10.1. The molecule has 3 aromatic carbocycles. The van der Waals surface area contributed by atoms with Gasteiger partial charge in [0.15, 0.2) is 10.9 Å². The number of Topliss-reactive ketones (excluding diaryl/α,β-unsaturated/α-hetero) is 1. The van der Waals surface area contributed by atoms with Crippen molar-refractivity contribution >= 4 is 44.1 Å². The smallest absolute Gasteiger partial charge is 0.226 e. The van der Waals surface area contributed by atoms with E-state index in [1.165, 1.54) is 11.3 Å². The van der Waals surface area contributed by atoms with Crippen LogP contribution in [0.2, 0.25) is 0 Å². The van der Waals surface area contributed by atoms with Crippen LogP contribution in [0.3, 0.4) is 0 Å². The number of hydrogen-bond acceptors (Lipinski definition) is 5. The van der Waals surface area contributed by atoms with Crippen LogP contribution >= 0.6 is 27.3 Å². The van der Waals surface area contributed by atoms with Crippen LogP contribution in [0.4, 0.5) is 5.13 Å². The third kappa shape index (κ3) is 6.15. The summed E-state index contributed by atoms with van der Waals surface area (Å²) in [7, 11) is 0. The number of rotatable bonds is 8. The topological polar surface area (TPSA) is 68.3 Å². The molecule has 0 aliphatic carbocycles. The molecular formula is C26H21BrN2O3S. The molecule has 4 rings (SSSR count). The first-order chi connectivity index (χ1) is 16.0. The second-order valence-corrected chi connectivity index (χ2v) is 9.46. The predicted molar refractivity (Wildman–Crippen MR) is 135 cm³/mol. The molecule has 33 heavy (non-hydrogen) atoms. The van der Waals surface area contributed by atoms with Crippen molar-refractivity contribution in [3.63, 3.8) is 0 Å². The average Bonchev–Trinajstić information content (AvgIpc) is 3.19. The van der Waals surface area contributed by atoms with Gasteiger partial charge in [0.2, 0.25) is 5.91 Å². The summed E-state index contributed by atoms with van der Waals surface area (Å²) in [4.78, 5) is 30.5. The summed E-state index contributed by atoms with van der Waals surface area (Å²) in [6.07, 6.45) is 0.210. The molecule has 1 aromatic heterocycles. The summed E-state index contributed by atoms with van der Waals surface area (Å²) >= 11 is 4.85. The molecule has 1 N–H and O–H groups in total. The second kappa shape index (κ2) is 10.6. The van der Waals surface area contributed by atoms with Gasteiger partial charge in [0.05, 0.1) is 5.69 Å². The van der Waals surface area contributed by atoms with Crippen molar-refractivity contribution in [2.75, 3.05) is 5.32 Å². The van der Waals surface area contributed by atoms with E-state index >= 15 is 0 Å². The first kappa shape index (κ1) is 22.9. The molecule has 1 heterocycles. The van der Waals surface area contributed by atoms with E-state index in [1.54, 1.807) is 24.3 Å². The molecule has 5 nitrogen and oxygen atoms in total. The molecule has 4 aromatic rings. The van der Waals surface area contributed by atoms with Crippen LogP contribution in [0.5, 0.6) is 11.5 Å². The van der Waals surface area contributed by atoms with Gasteiger partial charge < -0.3 is 10.1 Å². The third-order valence-corrected chi connectivity index (χ3v) is 6.31. The molecule has 0 bridgehead atoms. The summed E-state index contributed by atoms with van der Waals surface area (Å²) in [5.74, 6) is 1.05. The van der Waals surface area contributed by atoms with E-state index in [-0.39, 0.29) is 24.5 Å². The maximum absolute atomic E-state index is 12.5. The van der Waals surface area contributed by atoms with E-state index in [1.807, 2.05) is 61.5 Å². The number of ether oxygens (including phenoxy) is 1. The number of nitrogens with one attached hydrogen (secondary N) is 1. The molecular weight excluding hydrogens is 500 g/mol. The number of ketones is 1. The number of benzene rings is 3. The Hall–Kier alpha value is -3.29. The van der Waals surface area contributed by atoms with Crippen molar-refractivity contribution in [2.45, 2.75) is 19.8 Å². The molecule has 7 heteroatoms. The molecule has 0 spiro atoms. The Bertz CT molecular complexity index is 1250. The Morgan fingerprint density at radius 1 is 0.909 bits per heavy atom. The largest absolute Gasteiger partial charge is 0.457 e. The SMILES string of the molecule is Cc1sc(NC(=O)CCC(=O)c2ccc(Oc3ccccc3)cc2)nc1-c1ccc(Br)cc1. The van der Waals surface area contributed by atoms with Crippen molar-refractivity contribution < 1.29 is 14.3 Å². The maximum Gasteiger partial charge on any atom is 0.226 e. The number of aromatic nitrogens is 1. The van der Waals surface area contributed by atoms with Crippen LogP contribution in [-0.2, 0) is 4.79 Å². The Morgan fingerprint density at radius 3 is 2.27 bits per heavy atom. The highest BCUT2D eigenvalue weighted by Crippen LogP contribution is 2.31. The minimum atomic E-state index is -0.233. The lowest BCUT2D eigenvalue weighted by Crippen LogP contribution is -2.13. The summed E-state index contributed by atoms with van der Waals surface area (Å²) in [5, 5.41) is 3.35. The van der Waals surface area contributed by atoms with Gasteiger partial charge in [-0.25, -0.2) is 4.98 Å². The highest BCUT2D eigenvalue weighted by molar-refractivity contribution is 9.10. The fourth-order valence-electron chi connectivity index (χ4n) is 3.21. The molecule has 0 fully saturated rings. The Morgan fingerprint density at radius 2 is 1.58 bits per heavy atom. The molecule has 0 aliphatic rings. The van der Waals surface area contributed by atoms with Crippen molar-refractivity contribution in [1.82, 2.24) is 4.98 Å². The van der Waals surface area contributed by atoms with Gasteiger partial charge >= 0.3 is 0 Å². The summed E-state index contributed by atoms with van der Waals surface area (Å²) in [6.45, 7) is 1.97. The quantitative estimate of drug-likeness (QED) is 0.248. The van der Waals surface area contributed by atoms with Crippen molar-refractivity contribution in [1.29, 1.82) is 0 Å². The van der Waals surface area contributed by atoms with Gasteiger partial charge in [0, 0.05) is 33.3 Å². The van der Waals surface area contributed by atoms with E-state index in [9.17, 15) is 9.59 Å². The molecule has 1 amide bonds. The minimum Gasteiger partial charge on any atom is -0.457 e. The highest BCUT2D eigenvalue weighted by Gasteiger charge is 2.14. The zero-order valence-electron chi connectivity index (χ0n) is 17.9. The Kier molecular flexibility index (Phi) is 7.32. The van der Waals surface area contributed by atoms with Gasteiger partial charge in [0.25, 0.3) is 0 Å². The maximum atomic E-state index is 12.5. The number of carbonyl (C=O) groups excluding carboxylic acids is 2. The number of halogens is 1. The molecule has 166 valence electrons. The fourth-order valence-corrected chi connectivity index (χ4v) is 4.33. The highest BCUT2D eigenvalue weighted by atomic mass is 79.9. The average molecular weight is 521 g/mol. The zero-order valence-corrected chi connectivity index (χ0v) is 20.3. The van der Waals surface area contributed by atoms with Gasteiger partial charge in [-0.15, -0.1) is 11.3 Å². The fraction of sp³-hybridized carbons (Fsp3) is 0.115. The first-order valence-corrected chi connectivity index (χ1v) is 12.0. The standard InChI is InChI=1S/C26H21BrN2O3S/c1-17-25(19-7-11-20(27)12-8-19)29-26(33-17)28-24(31)16-15-23(30)18-9-13-22(14-10-18)32-21-5-3-2-4-6-21/h2-14H,15-16H2,1H3,(H,28,29,31). The lowest BCUT2D eigenvalue weighted by Gasteiger charge is -2.06. The van der Waals surface area contributed by atoms with Crippen LogP contribution < -0.4 is 10.1 Å². The number of aryl methyl sites for hydroxylation is 1. The lowest BCUT2D eigenvalue weighted by molar-refractivity contribution is -0.116. The number of hydrogen-bond donors (Lipinski definition) is 1. The Labute approximate surface area is 204 Å². The van der Waals surface area contributed by atoms with E-state index in [2.05, 4.69) is 26.2 Å². The van der Waals surface area contributed by atoms with Gasteiger partial charge in [0.1, 0.15) is 11.5 Å². The van der Waals surface area contributed by atoms with E-state index in [0.717, 1.165) is 26.4 Å². The number of nitrogens with zero attached hydrogens (tertiary/aromatic N) is 1. The molecule has 0 saturated heterocycles. The zero-order chi connectivity index (χ0) is 23.2. The molecule has 0 aliphatic heterocycles. The molecule has 0 saturated carbocycles. The van der Waals surface area contributed by atoms with Crippen LogP contribution in [0, 0.1) is 6.92 Å².